The fraction of sp³-hybridized carbons (Fsp3) is 0.438. The van der Waals surface area contributed by atoms with E-state index in [0.29, 0.717) is 11.4 Å². The van der Waals surface area contributed by atoms with E-state index in [1.165, 1.54) is 11.3 Å². The number of Topliss-reactive ketones (excluding diaryl/α,β-unsaturated/α-hetero) is 1. The molecule has 22 heavy (non-hydrogen) atoms. The highest BCUT2D eigenvalue weighted by Gasteiger charge is 2.17. The van der Waals surface area contributed by atoms with Crippen LogP contribution in [0.3, 0.4) is 0 Å². The van der Waals surface area contributed by atoms with Crippen LogP contribution in [0.2, 0.25) is 0 Å². The molecular weight excluding hydrogens is 316 g/mol. The molecule has 2 aromatic rings. The number of thiophene rings is 1. The molecule has 0 radical (unpaired) electrons. The first kappa shape index (κ1) is 16.8. The Morgan fingerprint density at radius 2 is 2.00 bits per heavy atom. The molecule has 0 aliphatic rings. The first-order valence-corrected chi connectivity index (χ1v) is 8.90. The maximum atomic E-state index is 11.8. The minimum absolute atomic E-state index is 0.0197. The van der Waals surface area contributed by atoms with Gasteiger partial charge >= 0.3 is 0 Å². The summed E-state index contributed by atoms with van der Waals surface area (Å²) in [7, 11) is 0. The molecule has 0 saturated carbocycles. The molecule has 118 valence electrons. The van der Waals surface area contributed by atoms with Crippen LogP contribution in [0.5, 0.6) is 0 Å². The third kappa shape index (κ3) is 4.74. The zero-order valence-electron chi connectivity index (χ0n) is 13.0. The van der Waals surface area contributed by atoms with Crippen LogP contribution in [0.4, 0.5) is 0 Å². The van der Waals surface area contributed by atoms with Gasteiger partial charge in [-0.05, 0) is 11.4 Å². The van der Waals surface area contributed by atoms with Crippen molar-refractivity contribution < 1.29 is 9.59 Å². The molecule has 0 aliphatic heterocycles. The Labute approximate surface area is 138 Å². The molecular formula is C16H20N2O2S2. The van der Waals surface area contributed by atoms with Crippen molar-refractivity contribution >= 4 is 34.4 Å². The highest BCUT2D eigenvalue weighted by Crippen LogP contribution is 2.23. The number of nitrogens with zero attached hydrogens (tertiary/aromatic N) is 1. The largest absolute Gasteiger partial charge is 0.350 e. The first-order valence-electron chi connectivity index (χ1n) is 7.14. The lowest BCUT2D eigenvalue weighted by atomic mass is 9.93. The molecule has 2 heterocycles. The van der Waals surface area contributed by atoms with Crippen LogP contribution in [0, 0.1) is 0 Å². The summed E-state index contributed by atoms with van der Waals surface area (Å²) in [6.45, 7) is 6.76. The Morgan fingerprint density at radius 3 is 2.59 bits per heavy atom. The molecule has 4 nitrogen and oxygen atoms in total. The predicted octanol–water partition coefficient (Wildman–Crippen LogP) is 3.78. The van der Waals surface area contributed by atoms with Gasteiger partial charge in [0.25, 0.3) is 0 Å². The first-order chi connectivity index (χ1) is 10.4. The maximum Gasteiger partial charge on any atom is 0.220 e. The zero-order chi connectivity index (χ0) is 16.2. The fourth-order valence-electron chi connectivity index (χ4n) is 1.79. The minimum Gasteiger partial charge on any atom is -0.350 e. The molecule has 0 atom stereocenters. The third-order valence-corrected chi connectivity index (χ3v) is 4.89. The molecule has 0 aromatic carbocycles. The van der Waals surface area contributed by atoms with Gasteiger partial charge < -0.3 is 5.32 Å². The summed E-state index contributed by atoms with van der Waals surface area (Å²) in [5.41, 5.74) is 1.06. The van der Waals surface area contributed by atoms with Gasteiger partial charge in [0, 0.05) is 23.6 Å². The number of nitrogens with one attached hydrogen (secondary N) is 1. The molecule has 0 fully saturated rings. The van der Waals surface area contributed by atoms with Crippen molar-refractivity contribution in [1.82, 2.24) is 10.3 Å². The van der Waals surface area contributed by atoms with Gasteiger partial charge in [0.15, 0.2) is 5.78 Å². The normalized spacial score (nSPS) is 11.4. The fourth-order valence-corrected chi connectivity index (χ4v) is 3.44. The average molecular weight is 336 g/mol. The van der Waals surface area contributed by atoms with Crippen LogP contribution < -0.4 is 5.32 Å². The smallest absolute Gasteiger partial charge is 0.220 e. The molecule has 1 amide bonds. The topological polar surface area (TPSA) is 59.1 Å². The molecule has 0 saturated heterocycles. The van der Waals surface area contributed by atoms with E-state index in [-0.39, 0.29) is 29.9 Å². The summed E-state index contributed by atoms with van der Waals surface area (Å²) in [5, 5.41) is 7.61. The van der Waals surface area contributed by atoms with Crippen molar-refractivity contribution in [1.29, 1.82) is 0 Å². The molecule has 0 aliphatic carbocycles. The number of carbonyl (C=O) groups is 2. The summed E-state index contributed by atoms with van der Waals surface area (Å²) >= 11 is 2.96. The van der Waals surface area contributed by atoms with Gasteiger partial charge in [-0.1, -0.05) is 26.8 Å². The Bertz CT molecular complexity index is 639. The highest BCUT2D eigenvalue weighted by molar-refractivity contribution is 7.12. The van der Waals surface area contributed by atoms with Crippen molar-refractivity contribution in [2.24, 2.45) is 0 Å². The number of hydrogen-bond donors (Lipinski definition) is 1. The molecule has 0 spiro atoms. The minimum atomic E-state index is -0.114. The summed E-state index contributed by atoms with van der Waals surface area (Å²) in [6.07, 6.45) is 0.464. The van der Waals surface area contributed by atoms with Gasteiger partial charge in [0.05, 0.1) is 17.1 Å². The number of carbonyl (C=O) groups excluding carboxylic acids is 2. The van der Waals surface area contributed by atoms with Gasteiger partial charge in [-0.3, -0.25) is 9.59 Å². The number of thiazole rings is 1. The second-order valence-electron chi connectivity index (χ2n) is 6.05. The van der Waals surface area contributed by atoms with E-state index < -0.39 is 0 Å². The second-order valence-corrected chi connectivity index (χ2v) is 7.94. The lowest BCUT2D eigenvalue weighted by Crippen LogP contribution is -2.23. The van der Waals surface area contributed by atoms with E-state index in [2.05, 4.69) is 31.1 Å². The van der Waals surface area contributed by atoms with Crippen molar-refractivity contribution in [3.05, 3.63) is 38.5 Å². The van der Waals surface area contributed by atoms with Gasteiger partial charge in [0.2, 0.25) is 5.91 Å². The van der Waals surface area contributed by atoms with Crippen molar-refractivity contribution in [2.45, 2.75) is 45.6 Å². The van der Waals surface area contributed by atoms with Gasteiger partial charge in [-0.2, -0.15) is 0 Å². The zero-order valence-corrected chi connectivity index (χ0v) is 14.6. The van der Waals surface area contributed by atoms with Gasteiger partial charge in [0.1, 0.15) is 5.01 Å². The number of aromatic nitrogens is 1. The SMILES string of the molecule is CC(C)(C)c1csc(CNC(=O)CCC(=O)c2cccs2)n1. The molecule has 1 N–H and O–H groups in total. The Balaban J connectivity index is 1.76. The number of rotatable bonds is 6. The van der Waals surface area contributed by atoms with Gasteiger partial charge in [-0.25, -0.2) is 4.98 Å². The standard InChI is InChI=1S/C16H20N2O2S2/c1-16(2,3)13-10-22-15(18-13)9-17-14(20)7-6-11(19)12-5-4-8-21-12/h4-5,8,10H,6-7,9H2,1-3H3,(H,17,20). The average Bonchev–Trinajstić information content (AvgIpc) is 3.12. The highest BCUT2D eigenvalue weighted by atomic mass is 32.1. The molecule has 0 bridgehead atoms. The monoisotopic (exact) mass is 336 g/mol. The predicted molar refractivity (Wildman–Crippen MR) is 90.5 cm³/mol. The van der Waals surface area contributed by atoms with Gasteiger partial charge in [-0.15, -0.1) is 22.7 Å². The number of hydrogen-bond acceptors (Lipinski definition) is 5. The Morgan fingerprint density at radius 1 is 1.23 bits per heavy atom. The van der Waals surface area contributed by atoms with Crippen molar-refractivity contribution in [3.63, 3.8) is 0 Å². The Kier molecular flexibility index (Phi) is 5.47. The van der Waals surface area contributed by atoms with E-state index in [0.717, 1.165) is 10.7 Å². The molecule has 2 aromatic heterocycles. The Hall–Kier alpha value is -1.53. The van der Waals surface area contributed by atoms with Crippen LogP contribution >= 0.6 is 22.7 Å². The van der Waals surface area contributed by atoms with Crippen LogP contribution in [0.15, 0.2) is 22.9 Å². The summed E-state index contributed by atoms with van der Waals surface area (Å²) in [6, 6.07) is 3.63. The summed E-state index contributed by atoms with van der Waals surface area (Å²) < 4.78 is 0. The lowest BCUT2D eigenvalue weighted by molar-refractivity contribution is -0.121. The number of ketones is 1. The maximum absolute atomic E-state index is 11.8. The van der Waals surface area contributed by atoms with Crippen LogP contribution in [-0.2, 0) is 16.8 Å². The van der Waals surface area contributed by atoms with E-state index >= 15 is 0 Å². The summed E-state index contributed by atoms with van der Waals surface area (Å²) in [4.78, 5) is 28.9. The molecule has 2 rings (SSSR count). The van der Waals surface area contributed by atoms with Crippen LogP contribution in [0.25, 0.3) is 0 Å². The lowest BCUT2D eigenvalue weighted by Gasteiger charge is -2.14. The summed E-state index contributed by atoms with van der Waals surface area (Å²) in [5.74, 6) is -0.0909. The molecule has 6 heteroatoms. The van der Waals surface area contributed by atoms with E-state index in [9.17, 15) is 9.59 Å². The van der Waals surface area contributed by atoms with Crippen molar-refractivity contribution in [2.75, 3.05) is 0 Å². The second kappa shape index (κ2) is 7.15. The van der Waals surface area contributed by atoms with Crippen LogP contribution in [0.1, 0.15) is 54.0 Å². The quantitative estimate of drug-likeness (QED) is 0.817. The molecule has 0 unspecified atom stereocenters. The third-order valence-electron chi connectivity index (χ3n) is 3.13. The van der Waals surface area contributed by atoms with E-state index in [1.807, 2.05) is 16.8 Å². The number of amides is 1. The van der Waals surface area contributed by atoms with Crippen molar-refractivity contribution in [3.8, 4) is 0 Å². The van der Waals surface area contributed by atoms with E-state index in [4.69, 9.17) is 0 Å². The van der Waals surface area contributed by atoms with Crippen LogP contribution in [-0.4, -0.2) is 16.7 Å². The van der Waals surface area contributed by atoms with E-state index in [1.54, 1.807) is 17.4 Å².